The van der Waals surface area contributed by atoms with Crippen LogP contribution in [0.2, 0.25) is 5.02 Å². The molecule has 1 aromatic heterocycles. The van der Waals surface area contributed by atoms with Crippen molar-refractivity contribution in [2.75, 3.05) is 14.1 Å². The fraction of sp³-hybridized carbons (Fsp3) is 0.100. The summed E-state index contributed by atoms with van der Waals surface area (Å²) in [5, 5.41) is 0.750. The summed E-state index contributed by atoms with van der Waals surface area (Å²) in [5.41, 5.74) is 3.58. The van der Waals surface area contributed by atoms with Crippen molar-refractivity contribution >= 4 is 32.4 Å². The molecule has 0 amide bonds. The molecule has 0 aliphatic rings. The molecule has 3 rings (SSSR count). The number of nitrogens with zero attached hydrogens (tertiary/aromatic N) is 2. The van der Waals surface area contributed by atoms with Crippen LogP contribution < -0.4 is 4.23 Å². The fourth-order valence-corrected chi connectivity index (χ4v) is 4.51. The molecular weight excluding hydrogens is 383 g/mol. The summed E-state index contributed by atoms with van der Waals surface area (Å²) in [7, 11) is 3.97. The Morgan fingerprint density at radius 2 is 1.58 bits per heavy atom. The van der Waals surface area contributed by atoms with E-state index in [0.29, 0.717) is 0 Å². The molecular formula is C20H18ClN2Se+. The first-order valence-electron chi connectivity index (χ1n) is 7.62. The molecule has 0 aliphatic heterocycles. The molecule has 3 aromatic rings. The van der Waals surface area contributed by atoms with E-state index in [1.54, 1.807) is 0 Å². The van der Waals surface area contributed by atoms with Gasteiger partial charge in [-0.3, -0.25) is 0 Å². The van der Waals surface area contributed by atoms with E-state index in [1.807, 2.05) is 43.2 Å². The van der Waals surface area contributed by atoms with E-state index >= 15 is 0 Å². The van der Waals surface area contributed by atoms with Crippen LogP contribution in [0.25, 0.3) is 21.1 Å². The van der Waals surface area contributed by atoms with E-state index in [2.05, 4.69) is 48.5 Å². The summed E-state index contributed by atoms with van der Waals surface area (Å²) in [6.07, 6.45) is 1.87. The molecule has 4 heteroatoms. The van der Waals surface area contributed by atoms with Crippen molar-refractivity contribution in [2.24, 2.45) is 4.99 Å². The molecule has 0 radical (unpaired) electrons. The van der Waals surface area contributed by atoms with Gasteiger partial charge in [0.2, 0.25) is 0 Å². The monoisotopic (exact) mass is 401 g/mol. The molecule has 0 fully saturated rings. The van der Waals surface area contributed by atoms with Crippen molar-refractivity contribution in [3.8, 4) is 21.1 Å². The third kappa shape index (κ3) is 4.12. The third-order valence-corrected chi connectivity index (χ3v) is 6.04. The number of halogens is 1. The summed E-state index contributed by atoms with van der Waals surface area (Å²) in [6, 6.07) is 22.8. The van der Waals surface area contributed by atoms with E-state index in [1.165, 1.54) is 15.6 Å². The standard InChI is InChI=1S/C20H18ClN2Se/c1-23(2)14-22-20-18(15-8-10-17(21)11-9-15)12-13-19(24-20)16-6-4-3-5-7-16/h3-14H,1-2H3/q+1. The van der Waals surface area contributed by atoms with Crippen molar-refractivity contribution < 1.29 is 4.58 Å². The molecule has 0 bridgehead atoms. The molecule has 0 saturated carbocycles. The van der Waals surface area contributed by atoms with Crippen LogP contribution in [0.4, 0.5) is 0 Å². The van der Waals surface area contributed by atoms with Crippen LogP contribution in [0, 0.1) is 0 Å². The summed E-state index contributed by atoms with van der Waals surface area (Å²) in [6.45, 7) is 0. The van der Waals surface area contributed by atoms with Gasteiger partial charge >= 0.3 is 153 Å². The molecule has 2 aromatic carbocycles. The van der Waals surface area contributed by atoms with Gasteiger partial charge in [0.1, 0.15) is 0 Å². The van der Waals surface area contributed by atoms with Crippen LogP contribution in [0.5, 0.6) is 0 Å². The quantitative estimate of drug-likeness (QED) is 0.274. The van der Waals surface area contributed by atoms with E-state index < -0.39 is 0 Å². The van der Waals surface area contributed by atoms with Gasteiger partial charge in [0, 0.05) is 0 Å². The molecule has 0 atom stereocenters. The fourth-order valence-electron chi connectivity index (χ4n) is 2.29. The predicted molar refractivity (Wildman–Crippen MR) is 103 cm³/mol. The molecule has 0 unspecified atom stereocenters. The Kier molecular flexibility index (Phi) is 5.47. The van der Waals surface area contributed by atoms with Crippen LogP contribution >= 0.6 is 11.6 Å². The van der Waals surface area contributed by atoms with Gasteiger partial charge in [0.15, 0.2) is 0 Å². The molecule has 0 saturated heterocycles. The Morgan fingerprint density at radius 1 is 0.875 bits per heavy atom. The second-order valence-electron chi connectivity index (χ2n) is 5.60. The first kappa shape index (κ1) is 16.9. The van der Waals surface area contributed by atoms with E-state index in [9.17, 15) is 0 Å². The number of benzene rings is 2. The van der Waals surface area contributed by atoms with Crippen LogP contribution in [-0.4, -0.2) is 39.5 Å². The van der Waals surface area contributed by atoms with Gasteiger partial charge < -0.3 is 0 Å². The van der Waals surface area contributed by atoms with Crippen molar-refractivity contribution in [2.45, 2.75) is 0 Å². The zero-order valence-electron chi connectivity index (χ0n) is 13.6. The Bertz CT molecular complexity index is 922. The number of hydrogen-bond acceptors (Lipinski definition) is 0. The summed E-state index contributed by atoms with van der Waals surface area (Å²) in [5.74, 6) is 0. The summed E-state index contributed by atoms with van der Waals surface area (Å²) >= 11 is 6.17. The van der Waals surface area contributed by atoms with Crippen LogP contribution in [-0.2, 0) is 0 Å². The van der Waals surface area contributed by atoms with Crippen LogP contribution in [0.15, 0.2) is 71.7 Å². The van der Waals surface area contributed by atoms with Crippen LogP contribution in [0.3, 0.4) is 0 Å². The molecule has 1 heterocycles. The van der Waals surface area contributed by atoms with Gasteiger partial charge in [-0.05, 0) is 0 Å². The van der Waals surface area contributed by atoms with Crippen molar-refractivity contribution in [3.05, 3.63) is 76.0 Å². The van der Waals surface area contributed by atoms with E-state index in [4.69, 9.17) is 16.6 Å². The minimum absolute atomic E-state index is 0.150. The first-order chi connectivity index (χ1) is 11.6. The Hall–Kier alpha value is -1.93. The Balaban J connectivity index is 2.17. The van der Waals surface area contributed by atoms with Gasteiger partial charge in [-0.1, -0.05) is 0 Å². The molecule has 2 nitrogen and oxygen atoms in total. The third-order valence-electron chi connectivity index (χ3n) is 3.46. The van der Waals surface area contributed by atoms with E-state index in [0.717, 1.165) is 14.8 Å². The molecule has 120 valence electrons. The van der Waals surface area contributed by atoms with Crippen LogP contribution in [0.1, 0.15) is 0 Å². The number of hydrogen-bond donors (Lipinski definition) is 0. The Labute approximate surface area is 153 Å². The first-order valence-corrected chi connectivity index (χ1v) is 9.72. The second kappa shape index (κ2) is 7.76. The van der Waals surface area contributed by atoms with Gasteiger partial charge in [-0.15, -0.1) is 0 Å². The molecule has 0 spiro atoms. The SMILES string of the molecule is C[N+](C)=CN=c1[se]c(-c2ccccc2)ccc1-c1ccc(Cl)cc1. The maximum absolute atomic E-state index is 6.02. The van der Waals surface area contributed by atoms with Crippen molar-refractivity contribution in [1.82, 2.24) is 0 Å². The van der Waals surface area contributed by atoms with Gasteiger partial charge in [-0.2, -0.15) is 0 Å². The average Bonchev–Trinajstić information content (AvgIpc) is 2.61. The van der Waals surface area contributed by atoms with Gasteiger partial charge in [0.25, 0.3) is 0 Å². The number of rotatable bonds is 3. The second-order valence-corrected chi connectivity index (χ2v) is 8.20. The maximum atomic E-state index is 6.02. The van der Waals surface area contributed by atoms with E-state index in [-0.39, 0.29) is 14.5 Å². The van der Waals surface area contributed by atoms with Gasteiger partial charge in [-0.25, -0.2) is 0 Å². The zero-order valence-corrected chi connectivity index (χ0v) is 16.1. The average molecular weight is 401 g/mol. The predicted octanol–water partition coefficient (Wildman–Crippen LogP) is 3.93. The zero-order chi connectivity index (χ0) is 16.9. The normalized spacial score (nSPS) is 11.4. The molecule has 0 N–H and O–H groups in total. The van der Waals surface area contributed by atoms with Gasteiger partial charge in [0.05, 0.1) is 0 Å². The van der Waals surface area contributed by atoms with Crippen molar-refractivity contribution in [1.29, 1.82) is 0 Å². The molecule has 24 heavy (non-hydrogen) atoms. The topological polar surface area (TPSA) is 15.4 Å². The minimum atomic E-state index is 0.150. The summed E-state index contributed by atoms with van der Waals surface area (Å²) in [4.78, 5) is 4.74. The van der Waals surface area contributed by atoms with Crippen molar-refractivity contribution in [3.63, 3.8) is 0 Å². The molecule has 0 aliphatic carbocycles. The Morgan fingerprint density at radius 3 is 2.25 bits per heavy atom. The summed E-state index contributed by atoms with van der Waals surface area (Å²) < 4.78 is 4.43.